The Bertz CT molecular complexity index is 106. The summed E-state index contributed by atoms with van der Waals surface area (Å²) in [5.41, 5.74) is 0. The quantitative estimate of drug-likeness (QED) is 0.509. The summed E-state index contributed by atoms with van der Waals surface area (Å²) in [7, 11) is -0.759. The van der Waals surface area contributed by atoms with E-state index in [2.05, 4.69) is 0 Å². The number of halogens is 1. The Morgan fingerprint density at radius 3 is 2.88 bits per heavy atom. The summed E-state index contributed by atoms with van der Waals surface area (Å²) in [6, 6.07) is 0. The van der Waals surface area contributed by atoms with Gasteiger partial charge in [0.05, 0.1) is 22.7 Å². The van der Waals surface area contributed by atoms with Gasteiger partial charge in [-0.3, -0.25) is 4.21 Å². The number of hydrogen-bond acceptors (Lipinski definition) is 2. The van der Waals surface area contributed by atoms with Crippen molar-refractivity contribution in [2.45, 2.75) is 6.10 Å². The molecule has 4 heteroatoms. The van der Waals surface area contributed by atoms with Gasteiger partial charge in [0.1, 0.15) is 5.94 Å². The maximum Gasteiger partial charge on any atom is 0.122 e. The van der Waals surface area contributed by atoms with Crippen LogP contribution in [0.3, 0.4) is 0 Å². The van der Waals surface area contributed by atoms with E-state index in [4.69, 9.17) is 16.3 Å². The Morgan fingerprint density at radius 2 is 2.62 bits per heavy atom. The van der Waals surface area contributed by atoms with Crippen LogP contribution in [0.1, 0.15) is 0 Å². The molecule has 0 aliphatic carbocycles. The SMILES string of the molecule is O=S1COC(CCl)C1. The topological polar surface area (TPSA) is 26.3 Å². The molecular weight excluding hydrogens is 148 g/mol. The zero-order valence-corrected chi connectivity index (χ0v) is 5.87. The van der Waals surface area contributed by atoms with Gasteiger partial charge in [0, 0.05) is 5.88 Å². The van der Waals surface area contributed by atoms with Gasteiger partial charge in [-0.25, -0.2) is 0 Å². The summed E-state index contributed by atoms with van der Waals surface area (Å²) in [5, 5.41) is 0. The summed E-state index contributed by atoms with van der Waals surface area (Å²) in [4.78, 5) is 0. The molecular formula is C4H7ClO2S. The summed E-state index contributed by atoms with van der Waals surface area (Å²) in [5.74, 6) is 1.45. The van der Waals surface area contributed by atoms with Crippen LogP contribution < -0.4 is 0 Å². The molecule has 0 saturated carbocycles. The van der Waals surface area contributed by atoms with Crippen molar-refractivity contribution in [2.75, 3.05) is 17.6 Å². The monoisotopic (exact) mass is 154 g/mol. The van der Waals surface area contributed by atoms with E-state index in [9.17, 15) is 4.21 Å². The van der Waals surface area contributed by atoms with Crippen LogP contribution in [0.25, 0.3) is 0 Å². The van der Waals surface area contributed by atoms with Crippen molar-refractivity contribution < 1.29 is 8.95 Å². The highest BCUT2D eigenvalue weighted by atomic mass is 35.5. The molecule has 0 aromatic heterocycles. The van der Waals surface area contributed by atoms with Gasteiger partial charge in [0.25, 0.3) is 0 Å². The van der Waals surface area contributed by atoms with Crippen molar-refractivity contribution >= 4 is 22.4 Å². The van der Waals surface area contributed by atoms with Crippen molar-refractivity contribution in [3.63, 3.8) is 0 Å². The summed E-state index contributed by atoms with van der Waals surface area (Å²) >= 11 is 5.41. The minimum atomic E-state index is -0.759. The second-order valence-corrected chi connectivity index (χ2v) is 3.42. The van der Waals surface area contributed by atoms with Gasteiger partial charge in [-0.1, -0.05) is 0 Å². The molecule has 1 heterocycles. The number of ether oxygens (including phenoxy) is 1. The zero-order valence-electron chi connectivity index (χ0n) is 4.30. The van der Waals surface area contributed by atoms with Crippen molar-refractivity contribution in [2.24, 2.45) is 0 Å². The maximum absolute atomic E-state index is 10.5. The second kappa shape index (κ2) is 2.80. The molecule has 1 fully saturated rings. The molecule has 2 unspecified atom stereocenters. The minimum absolute atomic E-state index is 0.0394. The minimum Gasteiger partial charge on any atom is -0.363 e. The molecule has 0 aromatic rings. The van der Waals surface area contributed by atoms with E-state index in [1.165, 1.54) is 0 Å². The predicted octanol–water partition coefficient (Wildman–Crippen LogP) is 0.330. The summed E-state index contributed by atoms with van der Waals surface area (Å²) in [6.07, 6.45) is 0.0394. The first-order valence-corrected chi connectivity index (χ1v) is 4.37. The van der Waals surface area contributed by atoms with Crippen LogP contribution in [0.15, 0.2) is 0 Å². The highest BCUT2D eigenvalue weighted by molar-refractivity contribution is 7.85. The third-order valence-corrected chi connectivity index (χ3v) is 2.47. The number of hydrogen-bond donors (Lipinski definition) is 0. The van der Waals surface area contributed by atoms with Gasteiger partial charge >= 0.3 is 0 Å². The molecule has 0 spiro atoms. The third-order valence-electron chi connectivity index (χ3n) is 0.979. The van der Waals surface area contributed by atoms with Crippen LogP contribution in [-0.4, -0.2) is 27.9 Å². The Labute approximate surface area is 55.6 Å². The summed E-state index contributed by atoms with van der Waals surface area (Å²) < 4.78 is 15.5. The van der Waals surface area contributed by atoms with Gasteiger partial charge < -0.3 is 4.74 Å². The number of rotatable bonds is 1. The van der Waals surface area contributed by atoms with E-state index < -0.39 is 10.8 Å². The summed E-state index contributed by atoms with van der Waals surface area (Å²) in [6.45, 7) is 0. The fourth-order valence-electron chi connectivity index (χ4n) is 0.565. The van der Waals surface area contributed by atoms with Crippen LogP contribution in [0.2, 0.25) is 0 Å². The Balaban J connectivity index is 2.32. The van der Waals surface area contributed by atoms with Crippen molar-refractivity contribution in [1.29, 1.82) is 0 Å². The molecule has 0 amide bonds. The number of alkyl halides is 1. The Kier molecular flexibility index (Phi) is 2.28. The van der Waals surface area contributed by atoms with Crippen LogP contribution in [0.5, 0.6) is 0 Å². The lowest BCUT2D eigenvalue weighted by molar-refractivity contribution is 0.141. The highest BCUT2D eigenvalue weighted by Crippen LogP contribution is 2.06. The van der Waals surface area contributed by atoms with Gasteiger partial charge in [0.15, 0.2) is 0 Å². The molecule has 1 saturated heterocycles. The van der Waals surface area contributed by atoms with Crippen molar-refractivity contribution in [1.82, 2.24) is 0 Å². The van der Waals surface area contributed by atoms with Crippen LogP contribution in [0.4, 0.5) is 0 Å². The van der Waals surface area contributed by atoms with Gasteiger partial charge in [0.2, 0.25) is 0 Å². The molecule has 1 rings (SSSR count). The fourth-order valence-corrected chi connectivity index (χ4v) is 1.96. The van der Waals surface area contributed by atoms with Crippen LogP contribution in [0, 0.1) is 0 Å². The standard InChI is InChI=1S/C4H7ClO2S/c5-1-4-2-8(6)3-7-4/h4H,1-3H2. The average Bonchev–Trinajstić information content (AvgIpc) is 2.14. The maximum atomic E-state index is 10.5. The molecule has 2 nitrogen and oxygen atoms in total. The van der Waals surface area contributed by atoms with E-state index in [1.54, 1.807) is 0 Å². The first kappa shape index (κ1) is 6.52. The van der Waals surface area contributed by atoms with E-state index in [-0.39, 0.29) is 6.10 Å². The second-order valence-electron chi connectivity index (χ2n) is 1.67. The molecule has 1 aliphatic heterocycles. The van der Waals surface area contributed by atoms with E-state index in [0.29, 0.717) is 17.6 Å². The molecule has 2 atom stereocenters. The Morgan fingerprint density at radius 1 is 1.88 bits per heavy atom. The fraction of sp³-hybridized carbons (Fsp3) is 1.00. The molecule has 0 radical (unpaired) electrons. The molecule has 48 valence electrons. The Hall–Kier alpha value is 0.400. The lowest BCUT2D eigenvalue weighted by Gasteiger charge is -1.97. The largest absolute Gasteiger partial charge is 0.363 e. The smallest absolute Gasteiger partial charge is 0.122 e. The van der Waals surface area contributed by atoms with E-state index >= 15 is 0 Å². The third kappa shape index (κ3) is 1.44. The average molecular weight is 155 g/mol. The van der Waals surface area contributed by atoms with Crippen molar-refractivity contribution in [3.8, 4) is 0 Å². The highest BCUT2D eigenvalue weighted by Gasteiger charge is 2.19. The predicted molar refractivity (Wildman–Crippen MR) is 33.5 cm³/mol. The molecule has 0 bridgehead atoms. The first-order valence-electron chi connectivity index (χ1n) is 2.35. The molecule has 1 aliphatic rings. The molecule has 0 aromatic carbocycles. The lowest BCUT2D eigenvalue weighted by atomic mass is 10.5. The van der Waals surface area contributed by atoms with Gasteiger partial charge in [-0.2, -0.15) is 0 Å². The van der Waals surface area contributed by atoms with Crippen LogP contribution in [-0.2, 0) is 15.5 Å². The van der Waals surface area contributed by atoms with Crippen molar-refractivity contribution in [3.05, 3.63) is 0 Å². The normalized spacial score (nSPS) is 38.1. The van der Waals surface area contributed by atoms with Gasteiger partial charge in [-0.15, -0.1) is 11.6 Å². The van der Waals surface area contributed by atoms with E-state index in [1.807, 2.05) is 0 Å². The zero-order chi connectivity index (χ0) is 5.98. The molecule has 8 heavy (non-hydrogen) atoms. The van der Waals surface area contributed by atoms with Gasteiger partial charge in [-0.05, 0) is 0 Å². The molecule has 0 N–H and O–H groups in total. The lowest BCUT2D eigenvalue weighted by Crippen LogP contribution is -2.10. The van der Waals surface area contributed by atoms with Crippen LogP contribution >= 0.6 is 11.6 Å². The first-order chi connectivity index (χ1) is 3.83. The van der Waals surface area contributed by atoms with E-state index in [0.717, 1.165) is 0 Å².